The average molecular weight is 415 g/mol. The first-order valence-electron chi connectivity index (χ1n) is 8.48. The summed E-state index contributed by atoms with van der Waals surface area (Å²) in [6.07, 6.45) is 1.77. The smallest absolute Gasteiger partial charge is 0.234 e. The molecule has 0 aliphatic heterocycles. The van der Waals surface area contributed by atoms with Crippen molar-refractivity contribution in [1.29, 1.82) is 0 Å². The van der Waals surface area contributed by atoms with Crippen LogP contribution in [0.2, 0.25) is 5.02 Å². The van der Waals surface area contributed by atoms with Crippen molar-refractivity contribution in [3.8, 4) is 17.1 Å². The van der Waals surface area contributed by atoms with E-state index in [9.17, 15) is 4.79 Å². The minimum Gasteiger partial charge on any atom is -0.495 e. The number of hydrogen-bond acceptors (Lipinski definition) is 5. The van der Waals surface area contributed by atoms with Crippen LogP contribution in [0.1, 0.15) is 0 Å². The molecule has 144 valence electrons. The van der Waals surface area contributed by atoms with Gasteiger partial charge in [-0.15, -0.1) is 16.8 Å². The fourth-order valence-corrected chi connectivity index (χ4v) is 3.50. The third-order valence-electron chi connectivity index (χ3n) is 3.83. The predicted molar refractivity (Wildman–Crippen MR) is 113 cm³/mol. The van der Waals surface area contributed by atoms with Crippen molar-refractivity contribution in [2.24, 2.45) is 0 Å². The molecule has 0 saturated carbocycles. The van der Waals surface area contributed by atoms with Crippen molar-refractivity contribution in [3.05, 3.63) is 66.2 Å². The molecule has 3 aromatic rings. The summed E-state index contributed by atoms with van der Waals surface area (Å²) in [6, 6.07) is 14.8. The molecule has 0 saturated heterocycles. The molecule has 0 bridgehead atoms. The Morgan fingerprint density at radius 2 is 2.07 bits per heavy atom. The molecule has 0 aliphatic rings. The summed E-state index contributed by atoms with van der Waals surface area (Å²) in [7, 11) is 1.54. The predicted octanol–water partition coefficient (Wildman–Crippen LogP) is 4.52. The molecule has 0 radical (unpaired) electrons. The number of halogens is 1. The number of ether oxygens (including phenoxy) is 1. The van der Waals surface area contributed by atoms with Gasteiger partial charge in [-0.25, -0.2) is 0 Å². The first-order valence-corrected chi connectivity index (χ1v) is 9.84. The van der Waals surface area contributed by atoms with E-state index >= 15 is 0 Å². The zero-order valence-electron chi connectivity index (χ0n) is 15.3. The highest BCUT2D eigenvalue weighted by atomic mass is 35.5. The van der Waals surface area contributed by atoms with Crippen LogP contribution in [0.5, 0.6) is 5.75 Å². The molecule has 0 aliphatic carbocycles. The highest BCUT2D eigenvalue weighted by Gasteiger charge is 2.15. The SMILES string of the molecule is C=CCn1c(SCC(=O)Nc2cc(Cl)ccc2OC)nnc1-c1ccccc1. The number of carbonyl (C=O) groups excluding carboxylic acids is 1. The number of nitrogens with one attached hydrogen (secondary N) is 1. The van der Waals surface area contributed by atoms with Crippen LogP contribution in [-0.2, 0) is 11.3 Å². The van der Waals surface area contributed by atoms with Crippen molar-refractivity contribution in [1.82, 2.24) is 14.8 Å². The molecule has 6 nitrogen and oxygen atoms in total. The van der Waals surface area contributed by atoms with Gasteiger partial charge in [-0.3, -0.25) is 9.36 Å². The topological polar surface area (TPSA) is 69.0 Å². The Bertz CT molecular complexity index is 976. The minimum atomic E-state index is -0.194. The number of methoxy groups -OCH3 is 1. The lowest BCUT2D eigenvalue weighted by Gasteiger charge is -2.11. The Balaban J connectivity index is 1.72. The molecule has 0 fully saturated rings. The third-order valence-corrected chi connectivity index (χ3v) is 5.03. The van der Waals surface area contributed by atoms with E-state index in [1.165, 1.54) is 18.9 Å². The minimum absolute atomic E-state index is 0.166. The van der Waals surface area contributed by atoms with Crippen LogP contribution in [-0.4, -0.2) is 33.5 Å². The zero-order valence-corrected chi connectivity index (χ0v) is 16.8. The van der Waals surface area contributed by atoms with Crippen LogP contribution in [0.25, 0.3) is 11.4 Å². The first-order chi connectivity index (χ1) is 13.6. The molecule has 1 N–H and O–H groups in total. The number of nitrogens with zero attached hydrogens (tertiary/aromatic N) is 3. The number of hydrogen-bond donors (Lipinski definition) is 1. The molecule has 0 atom stereocenters. The van der Waals surface area contributed by atoms with Crippen molar-refractivity contribution in [2.45, 2.75) is 11.7 Å². The largest absolute Gasteiger partial charge is 0.495 e. The molecular weight excluding hydrogens is 396 g/mol. The second-order valence-electron chi connectivity index (χ2n) is 5.75. The van der Waals surface area contributed by atoms with Gasteiger partial charge in [-0.1, -0.05) is 59.8 Å². The fraction of sp³-hybridized carbons (Fsp3) is 0.150. The zero-order chi connectivity index (χ0) is 19.9. The molecule has 0 spiro atoms. The van der Waals surface area contributed by atoms with Crippen LogP contribution < -0.4 is 10.1 Å². The summed E-state index contributed by atoms with van der Waals surface area (Å²) in [5, 5.41) is 12.5. The Labute approximate surface area is 172 Å². The second-order valence-corrected chi connectivity index (χ2v) is 7.13. The number of amides is 1. The molecule has 8 heteroatoms. The normalized spacial score (nSPS) is 10.5. The molecule has 1 aromatic heterocycles. The highest BCUT2D eigenvalue weighted by molar-refractivity contribution is 7.99. The summed E-state index contributed by atoms with van der Waals surface area (Å²) in [6.45, 7) is 4.34. The number of rotatable bonds is 8. The Morgan fingerprint density at radius 1 is 1.29 bits per heavy atom. The van der Waals surface area contributed by atoms with Crippen LogP contribution >= 0.6 is 23.4 Å². The molecule has 28 heavy (non-hydrogen) atoms. The van der Waals surface area contributed by atoms with Gasteiger partial charge in [0.15, 0.2) is 11.0 Å². The van der Waals surface area contributed by atoms with Crippen molar-refractivity contribution < 1.29 is 9.53 Å². The second kappa shape index (κ2) is 9.43. The molecule has 0 unspecified atom stereocenters. The summed E-state index contributed by atoms with van der Waals surface area (Å²) >= 11 is 7.31. The Hall–Kier alpha value is -2.77. The molecular formula is C20H19ClN4O2S. The monoisotopic (exact) mass is 414 g/mol. The van der Waals surface area contributed by atoms with Gasteiger partial charge in [0, 0.05) is 17.1 Å². The average Bonchev–Trinajstić information content (AvgIpc) is 3.10. The van der Waals surface area contributed by atoms with Gasteiger partial charge in [0.1, 0.15) is 5.75 Å². The van der Waals surface area contributed by atoms with Gasteiger partial charge in [-0.2, -0.15) is 0 Å². The summed E-state index contributed by atoms with van der Waals surface area (Å²) < 4.78 is 7.18. The number of anilines is 1. The van der Waals surface area contributed by atoms with E-state index < -0.39 is 0 Å². The summed E-state index contributed by atoms with van der Waals surface area (Å²) in [5.41, 5.74) is 1.48. The summed E-state index contributed by atoms with van der Waals surface area (Å²) in [5.74, 6) is 1.25. The fourth-order valence-electron chi connectivity index (χ4n) is 2.58. The van der Waals surface area contributed by atoms with Crippen LogP contribution in [0.4, 0.5) is 5.69 Å². The van der Waals surface area contributed by atoms with Gasteiger partial charge in [0.25, 0.3) is 0 Å². The van der Waals surface area contributed by atoms with Crippen LogP contribution in [0.15, 0.2) is 66.3 Å². The van der Waals surface area contributed by atoms with Gasteiger partial charge >= 0.3 is 0 Å². The van der Waals surface area contributed by atoms with E-state index in [0.29, 0.717) is 28.2 Å². The van der Waals surface area contributed by atoms with E-state index in [1.807, 2.05) is 34.9 Å². The van der Waals surface area contributed by atoms with Gasteiger partial charge in [0.05, 0.1) is 18.6 Å². The maximum Gasteiger partial charge on any atom is 0.234 e. The van der Waals surface area contributed by atoms with Crippen LogP contribution in [0.3, 0.4) is 0 Å². The highest BCUT2D eigenvalue weighted by Crippen LogP contribution is 2.28. The summed E-state index contributed by atoms with van der Waals surface area (Å²) in [4.78, 5) is 12.4. The third kappa shape index (κ3) is 4.74. The van der Waals surface area contributed by atoms with Crippen LogP contribution in [0, 0.1) is 0 Å². The van der Waals surface area contributed by atoms with Crippen molar-refractivity contribution in [2.75, 3.05) is 18.2 Å². The lowest BCUT2D eigenvalue weighted by molar-refractivity contribution is -0.113. The van der Waals surface area contributed by atoms with Gasteiger partial charge in [0.2, 0.25) is 5.91 Å². The van der Waals surface area contributed by atoms with E-state index in [2.05, 4.69) is 22.1 Å². The molecule has 2 aromatic carbocycles. The maximum absolute atomic E-state index is 12.4. The van der Waals surface area contributed by atoms with Gasteiger partial charge < -0.3 is 10.1 Å². The van der Waals surface area contributed by atoms with Gasteiger partial charge in [-0.05, 0) is 18.2 Å². The lowest BCUT2D eigenvalue weighted by atomic mass is 10.2. The van der Waals surface area contributed by atoms with E-state index in [1.54, 1.807) is 24.3 Å². The molecule has 1 amide bonds. The lowest BCUT2D eigenvalue weighted by Crippen LogP contribution is -2.15. The maximum atomic E-state index is 12.4. The van der Waals surface area contributed by atoms with E-state index in [-0.39, 0.29) is 11.7 Å². The Kier molecular flexibility index (Phi) is 6.73. The number of thioether (sulfide) groups is 1. The molecule has 1 heterocycles. The van der Waals surface area contributed by atoms with E-state index in [0.717, 1.165) is 11.4 Å². The number of benzene rings is 2. The number of allylic oxidation sites excluding steroid dienone is 1. The molecule has 3 rings (SSSR count). The standard InChI is InChI=1S/C20H19ClN4O2S/c1-3-11-25-19(14-7-5-4-6-8-14)23-24-20(25)28-13-18(26)22-16-12-15(21)9-10-17(16)27-2/h3-10,12H,1,11,13H2,2H3,(H,22,26). The Morgan fingerprint density at radius 3 is 2.79 bits per heavy atom. The number of aromatic nitrogens is 3. The first kappa shape index (κ1) is 20.0. The van der Waals surface area contributed by atoms with Crippen molar-refractivity contribution in [3.63, 3.8) is 0 Å². The number of carbonyl (C=O) groups is 1. The van der Waals surface area contributed by atoms with E-state index in [4.69, 9.17) is 16.3 Å². The quantitative estimate of drug-likeness (QED) is 0.433. The van der Waals surface area contributed by atoms with Crippen molar-refractivity contribution >= 4 is 35.0 Å².